The molecule has 116 valence electrons. The molecular weight excluding hydrogens is 298 g/mol. The maximum Gasteiger partial charge on any atom is 0.269 e. The number of fused-ring (bicyclic) bond motifs is 1. The number of hydrogen-bond donors (Lipinski definition) is 0. The topological polar surface area (TPSA) is 82.6 Å². The fourth-order valence-electron chi connectivity index (χ4n) is 2.40. The predicted molar refractivity (Wildman–Crippen MR) is 85.9 cm³/mol. The molecule has 0 aliphatic heterocycles. The molecule has 1 aromatic heterocycles. The second-order valence-corrected chi connectivity index (χ2v) is 5.05. The Balaban J connectivity index is 2.22. The molecule has 0 fully saturated rings. The lowest BCUT2D eigenvalue weighted by Gasteiger charge is -2.08. The van der Waals surface area contributed by atoms with E-state index in [0.29, 0.717) is 33.6 Å². The maximum atomic E-state index is 12.5. The lowest BCUT2D eigenvalue weighted by Crippen LogP contribution is -2.07. The van der Waals surface area contributed by atoms with Gasteiger partial charge in [-0.3, -0.25) is 14.9 Å². The number of hydrogen-bond acceptors (Lipinski definition) is 5. The lowest BCUT2D eigenvalue weighted by atomic mass is 10.1. The van der Waals surface area contributed by atoms with Gasteiger partial charge in [-0.25, -0.2) is 0 Å². The Bertz CT molecular complexity index is 957. The summed E-state index contributed by atoms with van der Waals surface area (Å²) in [7, 11) is 1.53. The van der Waals surface area contributed by atoms with Crippen LogP contribution in [0.4, 0.5) is 5.69 Å². The number of ether oxygens (including phenoxy) is 1. The summed E-state index contributed by atoms with van der Waals surface area (Å²) in [4.78, 5) is 22.7. The zero-order chi connectivity index (χ0) is 16.6. The van der Waals surface area contributed by atoms with Crippen molar-refractivity contribution in [1.29, 1.82) is 0 Å². The SMILES string of the molecule is COc1ccc2c(=O)c(C)c(-c3ccc([N+](=O)[O-])cc3)oc2c1. The van der Waals surface area contributed by atoms with Gasteiger partial charge in [0.15, 0.2) is 5.43 Å². The van der Waals surface area contributed by atoms with Crippen LogP contribution in [0.25, 0.3) is 22.3 Å². The summed E-state index contributed by atoms with van der Waals surface area (Å²) >= 11 is 0. The Kier molecular flexibility index (Phi) is 3.57. The number of nitro groups is 1. The molecule has 0 spiro atoms. The minimum atomic E-state index is -0.474. The zero-order valence-electron chi connectivity index (χ0n) is 12.5. The van der Waals surface area contributed by atoms with Crippen LogP contribution in [0, 0.1) is 17.0 Å². The van der Waals surface area contributed by atoms with Gasteiger partial charge in [0.05, 0.1) is 17.4 Å². The molecule has 0 unspecified atom stereocenters. The molecule has 23 heavy (non-hydrogen) atoms. The van der Waals surface area contributed by atoms with E-state index in [0.717, 1.165) is 0 Å². The Labute approximate surface area is 131 Å². The highest BCUT2D eigenvalue weighted by Gasteiger charge is 2.14. The number of methoxy groups -OCH3 is 1. The van der Waals surface area contributed by atoms with Crippen LogP contribution in [0.5, 0.6) is 5.75 Å². The van der Waals surface area contributed by atoms with Gasteiger partial charge in [-0.05, 0) is 31.2 Å². The van der Waals surface area contributed by atoms with Crippen LogP contribution in [-0.2, 0) is 0 Å². The quantitative estimate of drug-likeness (QED) is 0.544. The first-order valence-electron chi connectivity index (χ1n) is 6.87. The molecule has 0 aliphatic rings. The fraction of sp³-hybridized carbons (Fsp3) is 0.118. The highest BCUT2D eigenvalue weighted by atomic mass is 16.6. The summed E-state index contributed by atoms with van der Waals surface area (Å²) in [6, 6.07) is 10.9. The minimum Gasteiger partial charge on any atom is -0.497 e. The second-order valence-electron chi connectivity index (χ2n) is 5.05. The Morgan fingerprint density at radius 3 is 2.43 bits per heavy atom. The van der Waals surface area contributed by atoms with Gasteiger partial charge in [-0.2, -0.15) is 0 Å². The van der Waals surface area contributed by atoms with E-state index in [1.807, 2.05) is 0 Å². The van der Waals surface area contributed by atoms with Crippen LogP contribution in [-0.4, -0.2) is 12.0 Å². The van der Waals surface area contributed by atoms with Gasteiger partial charge >= 0.3 is 0 Å². The molecular formula is C17H13NO5. The van der Waals surface area contributed by atoms with Gasteiger partial charge in [0.2, 0.25) is 0 Å². The van der Waals surface area contributed by atoms with Crippen molar-refractivity contribution in [2.45, 2.75) is 6.92 Å². The average molecular weight is 311 g/mol. The van der Waals surface area contributed by atoms with Gasteiger partial charge < -0.3 is 9.15 Å². The van der Waals surface area contributed by atoms with Gasteiger partial charge in [-0.15, -0.1) is 0 Å². The largest absolute Gasteiger partial charge is 0.497 e. The summed E-state index contributed by atoms with van der Waals surface area (Å²) < 4.78 is 11.0. The summed E-state index contributed by atoms with van der Waals surface area (Å²) in [5.74, 6) is 0.977. The number of nitro benzene ring substituents is 1. The van der Waals surface area contributed by atoms with Crippen molar-refractivity contribution in [3.63, 3.8) is 0 Å². The molecule has 3 rings (SSSR count). The van der Waals surface area contributed by atoms with Gasteiger partial charge in [-0.1, -0.05) is 0 Å². The standard InChI is InChI=1S/C17H13NO5/c1-10-16(19)14-8-7-13(22-2)9-15(14)23-17(10)11-3-5-12(6-4-11)18(20)21/h3-9H,1-2H3. The number of non-ortho nitro benzene ring substituents is 1. The summed E-state index contributed by atoms with van der Waals surface area (Å²) in [5, 5.41) is 11.2. The first-order valence-corrected chi connectivity index (χ1v) is 6.87. The number of nitrogens with zero attached hydrogens (tertiary/aromatic N) is 1. The van der Waals surface area contributed by atoms with Crippen LogP contribution >= 0.6 is 0 Å². The molecule has 0 radical (unpaired) electrons. The third-order valence-corrected chi connectivity index (χ3v) is 3.67. The van der Waals surface area contributed by atoms with Crippen LogP contribution in [0.2, 0.25) is 0 Å². The van der Waals surface area contributed by atoms with Crippen molar-refractivity contribution in [1.82, 2.24) is 0 Å². The zero-order valence-corrected chi connectivity index (χ0v) is 12.5. The fourth-order valence-corrected chi connectivity index (χ4v) is 2.40. The second kappa shape index (κ2) is 5.57. The lowest BCUT2D eigenvalue weighted by molar-refractivity contribution is -0.384. The van der Waals surface area contributed by atoms with E-state index in [1.54, 1.807) is 37.3 Å². The Morgan fingerprint density at radius 2 is 1.83 bits per heavy atom. The first kappa shape index (κ1) is 14.8. The molecule has 0 saturated carbocycles. The van der Waals surface area contributed by atoms with Crippen molar-refractivity contribution >= 4 is 16.7 Å². The summed E-state index contributed by atoms with van der Waals surface area (Å²) in [6.45, 7) is 1.67. The van der Waals surface area contributed by atoms with E-state index >= 15 is 0 Å². The number of benzene rings is 2. The van der Waals surface area contributed by atoms with Crippen LogP contribution in [0.3, 0.4) is 0 Å². The Morgan fingerprint density at radius 1 is 1.13 bits per heavy atom. The molecule has 0 N–H and O–H groups in total. The van der Waals surface area contributed by atoms with Crippen LogP contribution < -0.4 is 10.2 Å². The van der Waals surface area contributed by atoms with Gasteiger partial charge in [0.1, 0.15) is 17.1 Å². The molecule has 6 nitrogen and oxygen atoms in total. The first-order chi connectivity index (χ1) is 11.0. The minimum absolute atomic E-state index is 0.0174. The number of rotatable bonds is 3. The van der Waals surface area contributed by atoms with Crippen molar-refractivity contribution in [2.75, 3.05) is 7.11 Å². The maximum absolute atomic E-state index is 12.5. The van der Waals surface area contributed by atoms with Crippen molar-refractivity contribution in [3.8, 4) is 17.1 Å². The monoisotopic (exact) mass is 311 g/mol. The smallest absolute Gasteiger partial charge is 0.269 e. The molecule has 3 aromatic rings. The predicted octanol–water partition coefficient (Wildman–Crippen LogP) is 3.69. The molecule has 0 aliphatic carbocycles. The van der Waals surface area contributed by atoms with E-state index in [2.05, 4.69) is 0 Å². The van der Waals surface area contributed by atoms with Crippen LogP contribution in [0.15, 0.2) is 51.7 Å². The van der Waals surface area contributed by atoms with Gasteiger partial charge in [0, 0.05) is 29.3 Å². The van der Waals surface area contributed by atoms with Crippen LogP contribution in [0.1, 0.15) is 5.56 Å². The molecule has 0 bridgehead atoms. The molecule has 2 aromatic carbocycles. The highest BCUT2D eigenvalue weighted by molar-refractivity contribution is 5.81. The average Bonchev–Trinajstić information content (AvgIpc) is 2.57. The third kappa shape index (κ3) is 2.55. The van der Waals surface area contributed by atoms with E-state index in [-0.39, 0.29) is 11.1 Å². The molecule has 0 amide bonds. The van der Waals surface area contributed by atoms with Crippen molar-refractivity contribution in [2.24, 2.45) is 0 Å². The van der Waals surface area contributed by atoms with E-state index in [9.17, 15) is 14.9 Å². The molecule has 6 heteroatoms. The Hall–Kier alpha value is -3.15. The normalized spacial score (nSPS) is 10.7. The van der Waals surface area contributed by atoms with E-state index < -0.39 is 4.92 Å². The van der Waals surface area contributed by atoms with Gasteiger partial charge in [0.25, 0.3) is 5.69 Å². The molecule has 1 heterocycles. The molecule has 0 atom stereocenters. The highest BCUT2D eigenvalue weighted by Crippen LogP contribution is 2.28. The summed E-state index contributed by atoms with van der Waals surface area (Å²) in [5.41, 5.74) is 1.32. The third-order valence-electron chi connectivity index (χ3n) is 3.67. The van der Waals surface area contributed by atoms with Crippen molar-refractivity contribution in [3.05, 3.63) is 68.4 Å². The summed E-state index contributed by atoms with van der Waals surface area (Å²) in [6.07, 6.45) is 0. The van der Waals surface area contributed by atoms with E-state index in [1.165, 1.54) is 19.2 Å². The van der Waals surface area contributed by atoms with Crippen molar-refractivity contribution < 1.29 is 14.1 Å². The van der Waals surface area contributed by atoms with E-state index in [4.69, 9.17) is 9.15 Å². The molecule has 0 saturated heterocycles.